The van der Waals surface area contributed by atoms with Crippen molar-refractivity contribution in [1.29, 1.82) is 0 Å². The summed E-state index contributed by atoms with van der Waals surface area (Å²) in [5.74, 6) is -0.697. The number of anilines is 1. The second-order valence-corrected chi connectivity index (χ2v) is 12.4. The maximum atomic E-state index is 13.7. The van der Waals surface area contributed by atoms with Crippen molar-refractivity contribution in [2.45, 2.75) is 4.90 Å². The molecule has 0 saturated carbocycles. The third-order valence-electron chi connectivity index (χ3n) is 8.14. The largest absolute Gasteiger partial charge is 0.321 e. The van der Waals surface area contributed by atoms with Crippen molar-refractivity contribution < 1.29 is 14.4 Å². The fourth-order valence-corrected chi connectivity index (χ4v) is 6.58. The first-order valence-electron chi connectivity index (χ1n) is 15.8. The molecule has 238 valence electrons. The van der Waals surface area contributed by atoms with Gasteiger partial charge >= 0.3 is 0 Å². The number of nitrogens with zero attached hydrogens (tertiary/aromatic N) is 1. The minimum Gasteiger partial charge on any atom is -0.321 e. The van der Waals surface area contributed by atoms with Gasteiger partial charge in [0.1, 0.15) is 5.70 Å². The maximum Gasteiger partial charge on any atom is 0.272 e. The molecule has 6 nitrogen and oxygen atoms in total. The Morgan fingerprint density at radius 2 is 1.20 bits per heavy atom. The second kappa shape index (κ2) is 14.3. The highest BCUT2D eigenvalue weighted by atomic mass is 32.2. The van der Waals surface area contributed by atoms with Gasteiger partial charge in [-0.3, -0.25) is 19.0 Å². The summed E-state index contributed by atoms with van der Waals surface area (Å²) in [6, 6.07) is 49.8. The standard InChI is InChI=1S/C42H31N3O3S/c46-40(45-38-20-9-7-18-35(38)36-19-8-10-21-39(36)45)28-49-34-17-11-16-33(27-34)43-42(48)37(44-41(47)32-14-5-2-6-15-32)26-29-22-24-31(25-23-29)30-12-3-1-4-13-30/h1-27H,28H2,(H,43,48)(H,44,47)/b37-26+. The highest BCUT2D eigenvalue weighted by molar-refractivity contribution is 8.00. The van der Waals surface area contributed by atoms with Gasteiger partial charge < -0.3 is 10.6 Å². The number of aromatic nitrogens is 1. The molecule has 1 heterocycles. The number of thioether (sulfide) groups is 1. The number of carbonyl (C=O) groups excluding carboxylic acids is 3. The number of hydrogen-bond donors (Lipinski definition) is 2. The van der Waals surface area contributed by atoms with Crippen LogP contribution in [0.25, 0.3) is 39.0 Å². The molecule has 0 saturated heterocycles. The van der Waals surface area contributed by atoms with Crippen LogP contribution in [0.5, 0.6) is 0 Å². The molecule has 0 aliphatic heterocycles. The average Bonchev–Trinajstić information content (AvgIpc) is 3.49. The van der Waals surface area contributed by atoms with Crippen molar-refractivity contribution in [3.63, 3.8) is 0 Å². The van der Waals surface area contributed by atoms with Gasteiger partial charge in [0.25, 0.3) is 11.8 Å². The molecule has 0 atom stereocenters. The van der Waals surface area contributed by atoms with Crippen LogP contribution in [0.1, 0.15) is 20.7 Å². The third kappa shape index (κ3) is 7.07. The Hall–Kier alpha value is -6.18. The number of amides is 2. The Kier molecular flexibility index (Phi) is 9.17. The molecule has 0 fully saturated rings. The molecule has 0 aliphatic rings. The first kappa shape index (κ1) is 31.4. The lowest BCUT2D eigenvalue weighted by molar-refractivity contribution is -0.113. The van der Waals surface area contributed by atoms with E-state index in [-0.39, 0.29) is 17.4 Å². The van der Waals surface area contributed by atoms with Crippen LogP contribution in [-0.4, -0.2) is 28.0 Å². The molecular formula is C42H31N3O3S. The Labute approximate surface area is 288 Å². The van der Waals surface area contributed by atoms with Crippen molar-refractivity contribution in [3.05, 3.63) is 175 Å². The number of fused-ring (bicyclic) bond motifs is 3. The lowest BCUT2D eigenvalue weighted by atomic mass is 10.0. The van der Waals surface area contributed by atoms with E-state index in [0.29, 0.717) is 11.3 Å². The second-order valence-electron chi connectivity index (χ2n) is 11.4. The molecule has 0 radical (unpaired) electrons. The number of nitrogens with one attached hydrogen (secondary N) is 2. The smallest absolute Gasteiger partial charge is 0.272 e. The molecule has 0 aliphatic carbocycles. The Bertz CT molecular complexity index is 2280. The molecule has 49 heavy (non-hydrogen) atoms. The van der Waals surface area contributed by atoms with E-state index in [1.165, 1.54) is 11.8 Å². The summed E-state index contributed by atoms with van der Waals surface area (Å²) >= 11 is 1.40. The summed E-state index contributed by atoms with van der Waals surface area (Å²) in [7, 11) is 0. The van der Waals surface area contributed by atoms with Crippen LogP contribution in [0.4, 0.5) is 5.69 Å². The number of rotatable bonds is 9. The van der Waals surface area contributed by atoms with Crippen molar-refractivity contribution in [1.82, 2.24) is 9.88 Å². The van der Waals surface area contributed by atoms with Gasteiger partial charge in [-0.15, -0.1) is 11.8 Å². The molecule has 0 bridgehead atoms. The predicted molar refractivity (Wildman–Crippen MR) is 200 cm³/mol. The summed E-state index contributed by atoms with van der Waals surface area (Å²) in [4.78, 5) is 41.2. The highest BCUT2D eigenvalue weighted by Gasteiger charge is 2.17. The van der Waals surface area contributed by atoms with E-state index in [1.807, 2.05) is 127 Å². The molecule has 7 rings (SSSR count). The number of para-hydroxylation sites is 2. The molecule has 6 aromatic carbocycles. The summed E-state index contributed by atoms with van der Waals surface area (Å²) in [6.07, 6.45) is 1.66. The van der Waals surface area contributed by atoms with Gasteiger partial charge in [-0.2, -0.15) is 0 Å². The molecule has 1 aromatic heterocycles. The van der Waals surface area contributed by atoms with Crippen molar-refractivity contribution in [3.8, 4) is 11.1 Å². The van der Waals surface area contributed by atoms with Crippen LogP contribution in [0, 0.1) is 0 Å². The van der Waals surface area contributed by atoms with Crippen LogP contribution < -0.4 is 10.6 Å². The Morgan fingerprint density at radius 3 is 1.88 bits per heavy atom. The van der Waals surface area contributed by atoms with Crippen LogP contribution in [0.3, 0.4) is 0 Å². The van der Waals surface area contributed by atoms with Crippen LogP contribution >= 0.6 is 11.8 Å². The van der Waals surface area contributed by atoms with Gasteiger partial charge in [-0.25, -0.2) is 0 Å². The van der Waals surface area contributed by atoms with Crippen molar-refractivity contribution >= 4 is 63.1 Å². The van der Waals surface area contributed by atoms with Gasteiger partial charge in [0.15, 0.2) is 0 Å². The van der Waals surface area contributed by atoms with E-state index in [1.54, 1.807) is 41.0 Å². The molecule has 0 unspecified atom stereocenters. The van der Waals surface area contributed by atoms with E-state index in [9.17, 15) is 14.4 Å². The first-order valence-corrected chi connectivity index (χ1v) is 16.8. The van der Waals surface area contributed by atoms with Gasteiger partial charge in [-0.05, 0) is 65.2 Å². The summed E-state index contributed by atoms with van der Waals surface area (Å²) < 4.78 is 1.78. The van der Waals surface area contributed by atoms with Crippen LogP contribution in [0.15, 0.2) is 168 Å². The number of carbonyl (C=O) groups is 3. The molecule has 7 aromatic rings. The quantitative estimate of drug-likeness (QED) is 0.120. The Balaban J connectivity index is 1.10. The monoisotopic (exact) mass is 657 g/mol. The molecule has 0 spiro atoms. The van der Waals surface area contributed by atoms with Gasteiger partial charge in [0.05, 0.1) is 16.8 Å². The zero-order chi connectivity index (χ0) is 33.6. The minimum absolute atomic E-state index is 0.0380. The summed E-state index contributed by atoms with van der Waals surface area (Å²) in [6.45, 7) is 0. The highest BCUT2D eigenvalue weighted by Crippen LogP contribution is 2.30. The topological polar surface area (TPSA) is 80.2 Å². The van der Waals surface area contributed by atoms with Crippen LogP contribution in [-0.2, 0) is 4.79 Å². The fraction of sp³-hybridized carbons (Fsp3) is 0.0238. The predicted octanol–water partition coefficient (Wildman–Crippen LogP) is 9.30. The SMILES string of the molecule is O=C(Nc1cccc(SCC(=O)n2c3ccccc3c3ccccc32)c1)/C(=C\c1ccc(-c2ccccc2)cc1)NC(=O)c1ccccc1. The molecular weight excluding hydrogens is 627 g/mol. The Morgan fingerprint density at radius 1 is 0.612 bits per heavy atom. The maximum absolute atomic E-state index is 13.7. The number of hydrogen-bond acceptors (Lipinski definition) is 4. The summed E-state index contributed by atoms with van der Waals surface area (Å²) in [5, 5.41) is 7.82. The summed E-state index contributed by atoms with van der Waals surface area (Å²) in [5.41, 5.74) is 5.72. The van der Waals surface area contributed by atoms with Crippen molar-refractivity contribution in [2.75, 3.05) is 11.1 Å². The lowest BCUT2D eigenvalue weighted by Crippen LogP contribution is -2.30. The van der Waals surface area contributed by atoms with Gasteiger partial charge in [0, 0.05) is 26.9 Å². The zero-order valence-corrected chi connectivity index (χ0v) is 27.2. The van der Waals surface area contributed by atoms with E-state index in [0.717, 1.165) is 43.4 Å². The number of benzene rings is 6. The third-order valence-corrected chi connectivity index (χ3v) is 9.12. The normalized spacial score (nSPS) is 11.4. The van der Waals surface area contributed by atoms with E-state index < -0.39 is 11.8 Å². The lowest BCUT2D eigenvalue weighted by Gasteiger charge is -2.12. The molecule has 7 heteroatoms. The van der Waals surface area contributed by atoms with Crippen molar-refractivity contribution in [2.24, 2.45) is 0 Å². The van der Waals surface area contributed by atoms with E-state index in [4.69, 9.17) is 0 Å². The van der Waals surface area contributed by atoms with Crippen LogP contribution in [0.2, 0.25) is 0 Å². The molecule has 2 amide bonds. The first-order chi connectivity index (χ1) is 24.0. The molecule has 2 N–H and O–H groups in total. The van der Waals surface area contributed by atoms with E-state index >= 15 is 0 Å². The van der Waals surface area contributed by atoms with Gasteiger partial charge in [-0.1, -0.05) is 115 Å². The fourth-order valence-electron chi connectivity index (χ4n) is 5.77. The average molecular weight is 658 g/mol. The van der Waals surface area contributed by atoms with Gasteiger partial charge in [0.2, 0.25) is 5.91 Å². The zero-order valence-electron chi connectivity index (χ0n) is 26.4. The minimum atomic E-state index is -0.472. The van der Waals surface area contributed by atoms with E-state index in [2.05, 4.69) is 10.6 Å².